The third kappa shape index (κ3) is 5.18. The average molecular weight is 429 g/mol. The van der Waals surface area contributed by atoms with Crippen molar-refractivity contribution in [3.8, 4) is 5.75 Å². The first-order valence-electron chi connectivity index (χ1n) is 10.1. The van der Waals surface area contributed by atoms with E-state index in [1.54, 1.807) is 47.5 Å². The molecule has 1 N–H and O–H groups in total. The lowest BCUT2D eigenvalue weighted by Crippen LogP contribution is -2.38. The number of amides is 2. The van der Waals surface area contributed by atoms with Crippen LogP contribution in [0, 0.1) is 13.8 Å². The molecule has 8 heteroatoms. The van der Waals surface area contributed by atoms with Crippen molar-refractivity contribution in [1.82, 2.24) is 19.6 Å². The van der Waals surface area contributed by atoms with E-state index in [1.807, 2.05) is 24.4 Å². The minimum absolute atomic E-state index is 0.0618. The number of rotatable bonds is 9. The number of likely N-dealkylation sites (N-methyl/N-ethyl adjacent to an activating group) is 1. The summed E-state index contributed by atoms with van der Waals surface area (Å²) >= 11 is 1.62. The van der Waals surface area contributed by atoms with Crippen LogP contribution in [0.15, 0.2) is 30.5 Å². The quantitative estimate of drug-likeness (QED) is 0.529. The normalized spacial score (nSPS) is 10.9. The number of aryl methyl sites for hydroxylation is 2. The molecule has 0 saturated heterocycles. The summed E-state index contributed by atoms with van der Waals surface area (Å²) in [4.78, 5) is 33.1. The van der Waals surface area contributed by atoms with Crippen LogP contribution in [0.25, 0.3) is 4.96 Å². The molecule has 3 rings (SSSR count). The molecule has 0 saturated carbocycles. The average Bonchev–Trinajstić information content (AvgIpc) is 3.22. The Bertz CT molecular complexity index is 1020. The molecule has 2 aromatic heterocycles. The first kappa shape index (κ1) is 21.8. The van der Waals surface area contributed by atoms with E-state index < -0.39 is 0 Å². The van der Waals surface area contributed by atoms with Crippen molar-refractivity contribution in [2.45, 2.75) is 40.2 Å². The van der Waals surface area contributed by atoms with E-state index in [0.29, 0.717) is 18.7 Å². The number of imidazole rings is 1. The van der Waals surface area contributed by atoms with Crippen LogP contribution >= 0.6 is 11.3 Å². The second-order valence-electron chi connectivity index (χ2n) is 7.30. The minimum Gasteiger partial charge on any atom is -0.494 e. The summed E-state index contributed by atoms with van der Waals surface area (Å²) in [6.45, 7) is 7.12. The Kier molecular flexibility index (Phi) is 7.10. The largest absolute Gasteiger partial charge is 0.494 e. The van der Waals surface area contributed by atoms with Crippen molar-refractivity contribution in [2.24, 2.45) is 0 Å². The van der Waals surface area contributed by atoms with E-state index in [4.69, 9.17) is 4.74 Å². The van der Waals surface area contributed by atoms with Gasteiger partial charge < -0.3 is 15.0 Å². The highest BCUT2D eigenvalue weighted by Crippen LogP contribution is 2.21. The van der Waals surface area contributed by atoms with Crippen LogP contribution in [-0.2, 0) is 11.3 Å². The fourth-order valence-corrected chi connectivity index (χ4v) is 3.93. The van der Waals surface area contributed by atoms with Crippen molar-refractivity contribution in [3.05, 3.63) is 52.3 Å². The molecule has 0 bridgehead atoms. The summed E-state index contributed by atoms with van der Waals surface area (Å²) < 4.78 is 7.63. The van der Waals surface area contributed by atoms with Crippen molar-refractivity contribution in [2.75, 3.05) is 20.2 Å². The van der Waals surface area contributed by atoms with Gasteiger partial charge in [-0.3, -0.25) is 14.0 Å². The van der Waals surface area contributed by atoms with Gasteiger partial charge in [-0.05, 0) is 44.5 Å². The van der Waals surface area contributed by atoms with Gasteiger partial charge in [-0.1, -0.05) is 13.3 Å². The smallest absolute Gasteiger partial charge is 0.251 e. The minimum atomic E-state index is -0.284. The Balaban J connectivity index is 1.52. The highest BCUT2D eigenvalue weighted by atomic mass is 32.1. The third-order valence-electron chi connectivity index (χ3n) is 4.84. The standard InChI is InChI=1S/C22H28N4O3S/c1-5-6-11-29-18-9-7-17(8-10-18)21(28)23-12-20(27)25(4)14-19-16(3)24-22-26(19)13-15(2)30-22/h7-10,13H,5-6,11-12,14H2,1-4H3,(H,23,28). The number of hydrogen-bond donors (Lipinski definition) is 1. The van der Waals surface area contributed by atoms with Gasteiger partial charge >= 0.3 is 0 Å². The Hall–Kier alpha value is -2.87. The summed E-state index contributed by atoms with van der Waals surface area (Å²) in [5, 5.41) is 2.70. The van der Waals surface area contributed by atoms with Crippen LogP contribution in [0.3, 0.4) is 0 Å². The lowest BCUT2D eigenvalue weighted by atomic mass is 10.2. The topological polar surface area (TPSA) is 75.9 Å². The Morgan fingerprint density at radius 2 is 1.97 bits per heavy atom. The molecular formula is C22H28N4O3S. The van der Waals surface area contributed by atoms with Crippen LogP contribution in [0.5, 0.6) is 5.75 Å². The van der Waals surface area contributed by atoms with Crippen molar-refractivity contribution < 1.29 is 14.3 Å². The van der Waals surface area contributed by atoms with Gasteiger partial charge in [0.1, 0.15) is 5.75 Å². The molecular weight excluding hydrogens is 400 g/mol. The van der Waals surface area contributed by atoms with Gasteiger partial charge in [0.05, 0.1) is 31.1 Å². The highest BCUT2D eigenvalue weighted by Gasteiger charge is 2.17. The van der Waals surface area contributed by atoms with Gasteiger partial charge in [0.25, 0.3) is 5.91 Å². The molecule has 0 aliphatic carbocycles. The van der Waals surface area contributed by atoms with Crippen LogP contribution in [0.2, 0.25) is 0 Å². The molecule has 0 aliphatic heterocycles. The van der Waals surface area contributed by atoms with Gasteiger partial charge in [-0.25, -0.2) is 4.98 Å². The summed E-state index contributed by atoms with van der Waals surface area (Å²) in [5.74, 6) is 0.291. The van der Waals surface area contributed by atoms with Gasteiger partial charge in [0.2, 0.25) is 5.91 Å². The number of benzene rings is 1. The lowest BCUT2D eigenvalue weighted by Gasteiger charge is -2.17. The number of unbranched alkanes of at least 4 members (excludes halogenated alkanes) is 1. The molecule has 30 heavy (non-hydrogen) atoms. The Morgan fingerprint density at radius 1 is 1.23 bits per heavy atom. The highest BCUT2D eigenvalue weighted by molar-refractivity contribution is 7.17. The molecule has 0 atom stereocenters. The molecule has 7 nitrogen and oxygen atoms in total. The molecule has 0 spiro atoms. The van der Waals surface area contributed by atoms with Crippen molar-refractivity contribution in [1.29, 1.82) is 0 Å². The van der Waals surface area contributed by atoms with Crippen LogP contribution in [0.1, 0.15) is 46.4 Å². The van der Waals surface area contributed by atoms with Gasteiger partial charge in [-0.15, -0.1) is 11.3 Å². The van der Waals surface area contributed by atoms with Crippen LogP contribution < -0.4 is 10.1 Å². The number of hydrogen-bond acceptors (Lipinski definition) is 5. The maximum Gasteiger partial charge on any atom is 0.251 e. The van der Waals surface area contributed by atoms with E-state index in [-0.39, 0.29) is 18.4 Å². The second-order valence-corrected chi connectivity index (χ2v) is 8.51. The fourth-order valence-electron chi connectivity index (χ4n) is 3.04. The SMILES string of the molecule is CCCCOc1ccc(C(=O)NCC(=O)N(C)Cc2c(C)nc3sc(C)cn23)cc1. The summed E-state index contributed by atoms with van der Waals surface area (Å²) in [7, 11) is 1.73. The molecule has 2 amide bonds. The second kappa shape index (κ2) is 9.75. The van der Waals surface area contributed by atoms with E-state index in [1.165, 1.54) is 4.88 Å². The maximum atomic E-state index is 12.5. The van der Waals surface area contributed by atoms with Gasteiger partial charge in [-0.2, -0.15) is 0 Å². The number of carbonyl (C=O) groups is 2. The number of aromatic nitrogens is 2. The van der Waals surface area contributed by atoms with Gasteiger partial charge in [0, 0.05) is 23.7 Å². The molecule has 2 heterocycles. The molecule has 1 aromatic carbocycles. The number of ether oxygens (including phenoxy) is 1. The number of fused-ring (bicyclic) bond motifs is 1. The summed E-state index contributed by atoms with van der Waals surface area (Å²) in [6.07, 6.45) is 4.10. The van der Waals surface area contributed by atoms with E-state index in [2.05, 4.69) is 17.2 Å². The molecule has 160 valence electrons. The van der Waals surface area contributed by atoms with Crippen molar-refractivity contribution >= 4 is 28.1 Å². The first-order valence-corrected chi connectivity index (χ1v) is 10.9. The number of thiazole rings is 1. The fraction of sp³-hybridized carbons (Fsp3) is 0.409. The first-order chi connectivity index (χ1) is 14.4. The molecule has 0 radical (unpaired) electrons. The predicted molar refractivity (Wildman–Crippen MR) is 118 cm³/mol. The lowest BCUT2D eigenvalue weighted by molar-refractivity contribution is -0.129. The number of carbonyl (C=O) groups excluding carboxylic acids is 2. The van der Waals surface area contributed by atoms with Crippen LogP contribution in [-0.4, -0.2) is 46.3 Å². The van der Waals surface area contributed by atoms with E-state index >= 15 is 0 Å². The molecule has 3 aromatic rings. The molecule has 0 aliphatic rings. The zero-order valence-electron chi connectivity index (χ0n) is 17.9. The van der Waals surface area contributed by atoms with E-state index in [0.717, 1.165) is 34.9 Å². The summed E-state index contributed by atoms with van der Waals surface area (Å²) in [5.41, 5.74) is 2.39. The number of nitrogens with one attached hydrogen (secondary N) is 1. The Labute approximate surface area is 180 Å². The monoisotopic (exact) mass is 428 g/mol. The molecule has 0 unspecified atom stereocenters. The third-order valence-corrected chi connectivity index (χ3v) is 5.73. The van der Waals surface area contributed by atoms with Gasteiger partial charge in [0.15, 0.2) is 4.96 Å². The zero-order valence-corrected chi connectivity index (χ0v) is 18.7. The number of nitrogens with zero attached hydrogens (tertiary/aromatic N) is 3. The van der Waals surface area contributed by atoms with Crippen molar-refractivity contribution in [3.63, 3.8) is 0 Å². The molecule has 0 fully saturated rings. The maximum absolute atomic E-state index is 12.5. The Morgan fingerprint density at radius 3 is 2.67 bits per heavy atom. The predicted octanol–water partition coefficient (Wildman–Crippen LogP) is 3.58. The summed E-state index contributed by atoms with van der Waals surface area (Å²) in [6, 6.07) is 6.95. The van der Waals surface area contributed by atoms with Crippen LogP contribution in [0.4, 0.5) is 0 Å². The van der Waals surface area contributed by atoms with E-state index in [9.17, 15) is 9.59 Å². The zero-order chi connectivity index (χ0) is 21.7.